The number of H-pyrrole nitrogens is 1. The predicted molar refractivity (Wildman–Crippen MR) is 110 cm³/mol. The Balaban J connectivity index is 1.90. The smallest absolute Gasteiger partial charge is 0.328 e. The highest BCUT2D eigenvalue weighted by molar-refractivity contribution is 6.30. The second-order valence-electron chi connectivity index (χ2n) is 6.65. The van der Waals surface area contributed by atoms with E-state index in [-0.39, 0.29) is 18.1 Å². The van der Waals surface area contributed by atoms with Gasteiger partial charge >= 0.3 is 5.69 Å². The lowest BCUT2D eigenvalue weighted by atomic mass is 10.0. The zero-order valence-corrected chi connectivity index (χ0v) is 16.5. The molecular formula is C20H25ClN4O2. The zero-order valence-electron chi connectivity index (χ0n) is 15.7. The van der Waals surface area contributed by atoms with Gasteiger partial charge in [0.05, 0.1) is 5.69 Å². The first-order chi connectivity index (χ1) is 13.0. The minimum Gasteiger partial charge on any atom is -0.355 e. The summed E-state index contributed by atoms with van der Waals surface area (Å²) in [5.41, 5.74) is 2.63. The lowest BCUT2D eigenvalue weighted by Gasteiger charge is -2.29. The Morgan fingerprint density at radius 1 is 1.26 bits per heavy atom. The number of amides is 1. The molecule has 0 unspecified atom stereocenters. The highest BCUT2D eigenvalue weighted by Crippen LogP contribution is 2.31. The number of carbonyl (C=O) groups excluding carboxylic acids is 1. The van der Waals surface area contributed by atoms with Crippen LogP contribution < -0.4 is 15.9 Å². The summed E-state index contributed by atoms with van der Waals surface area (Å²) in [5.74, 6) is 0.627. The molecule has 0 saturated carbocycles. The first-order valence-corrected chi connectivity index (χ1v) is 9.72. The van der Waals surface area contributed by atoms with Gasteiger partial charge in [-0.25, -0.2) is 4.79 Å². The summed E-state index contributed by atoms with van der Waals surface area (Å²) in [4.78, 5) is 29.7. The molecule has 7 heteroatoms. The summed E-state index contributed by atoms with van der Waals surface area (Å²) in [5, 5.41) is 3.56. The summed E-state index contributed by atoms with van der Waals surface area (Å²) >= 11 is 5.99. The second-order valence-corrected chi connectivity index (χ2v) is 7.08. The molecule has 2 N–H and O–H groups in total. The number of aromatic amines is 1. The third kappa shape index (κ3) is 4.27. The second kappa shape index (κ2) is 8.48. The minimum atomic E-state index is -0.266. The van der Waals surface area contributed by atoms with Crippen molar-refractivity contribution in [2.75, 3.05) is 24.5 Å². The van der Waals surface area contributed by atoms with Crippen molar-refractivity contribution in [2.45, 2.75) is 33.2 Å². The third-order valence-electron chi connectivity index (χ3n) is 4.71. The zero-order chi connectivity index (χ0) is 19.4. The highest BCUT2D eigenvalue weighted by Gasteiger charge is 2.25. The van der Waals surface area contributed by atoms with E-state index < -0.39 is 0 Å². The number of imidazole rings is 1. The van der Waals surface area contributed by atoms with Crippen LogP contribution in [0.4, 0.5) is 5.82 Å². The average molecular weight is 389 g/mol. The number of fused-ring (bicyclic) bond motifs is 1. The first-order valence-electron chi connectivity index (χ1n) is 9.34. The summed E-state index contributed by atoms with van der Waals surface area (Å²) in [6.07, 6.45) is 3.93. The molecule has 0 aliphatic carbocycles. The number of halogens is 1. The maximum Gasteiger partial charge on any atom is 0.328 e. The van der Waals surface area contributed by atoms with Gasteiger partial charge in [-0.1, -0.05) is 37.1 Å². The molecule has 2 heterocycles. The van der Waals surface area contributed by atoms with E-state index in [1.165, 1.54) is 4.57 Å². The minimum absolute atomic E-state index is 0.0228. The molecular weight excluding hydrogens is 364 g/mol. The number of nitrogens with one attached hydrogen (secondary N) is 2. The lowest BCUT2D eigenvalue weighted by Crippen LogP contribution is -2.36. The number of nitrogens with zero attached hydrogens (tertiary/aromatic N) is 2. The predicted octanol–water partition coefficient (Wildman–Crippen LogP) is 3.13. The standard InChI is InChI=1S/C20H25ClN4O2/c1-3-5-10-22-18(26)13-25-19-17(23-20(25)27)11-15(12-24(19)4-2)14-6-8-16(21)9-7-14/h6-9,11H,3-5,10,12-13H2,1-2H3,(H,22,26)(H,23,27). The van der Waals surface area contributed by atoms with Gasteiger partial charge < -0.3 is 15.2 Å². The molecule has 3 rings (SSSR count). The van der Waals surface area contributed by atoms with Crippen LogP contribution in [0.5, 0.6) is 0 Å². The first kappa shape index (κ1) is 19.3. The summed E-state index contributed by atoms with van der Waals surface area (Å²) in [6.45, 7) is 6.16. The highest BCUT2D eigenvalue weighted by atomic mass is 35.5. The summed E-state index contributed by atoms with van der Waals surface area (Å²) in [6, 6.07) is 7.67. The molecule has 0 atom stereocenters. The van der Waals surface area contributed by atoms with E-state index in [0.717, 1.165) is 42.0 Å². The lowest BCUT2D eigenvalue weighted by molar-refractivity contribution is -0.121. The van der Waals surface area contributed by atoms with Crippen molar-refractivity contribution in [3.63, 3.8) is 0 Å². The van der Waals surface area contributed by atoms with Crippen LogP contribution in [0, 0.1) is 0 Å². The van der Waals surface area contributed by atoms with E-state index in [0.29, 0.717) is 18.1 Å². The molecule has 144 valence electrons. The Morgan fingerprint density at radius 3 is 2.67 bits per heavy atom. The van der Waals surface area contributed by atoms with Gasteiger partial charge in [0.2, 0.25) is 5.91 Å². The molecule has 6 nitrogen and oxygen atoms in total. The fourth-order valence-corrected chi connectivity index (χ4v) is 3.40. The van der Waals surface area contributed by atoms with Crippen LogP contribution in [0.15, 0.2) is 29.1 Å². The van der Waals surface area contributed by atoms with E-state index in [1.807, 2.05) is 37.3 Å². The number of anilines is 1. The maximum absolute atomic E-state index is 12.5. The molecule has 0 fully saturated rings. The number of hydrogen-bond donors (Lipinski definition) is 2. The SMILES string of the molecule is CCCCNC(=O)Cn1c2c([nH]c1=O)C=C(c1ccc(Cl)cc1)CN2CC. The van der Waals surface area contributed by atoms with Gasteiger partial charge in [0.15, 0.2) is 0 Å². The molecule has 1 aliphatic rings. The molecule has 0 spiro atoms. The van der Waals surface area contributed by atoms with Gasteiger partial charge in [0.1, 0.15) is 12.4 Å². The topological polar surface area (TPSA) is 70.1 Å². The molecule has 27 heavy (non-hydrogen) atoms. The van der Waals surface area contributed by atoms with Gasteiger partial charge in [-0.3, -0.25) is 9.36 Å². The van der Waals surface area contributed by atoms with Gasteiger partial charge in [-0.2, -0.15) is 0 Å². The van der Waals surface area contributed by atoms with Crippen LogP contribution in [-0.4, -0.2) is 35.1 Å². The quantitative estimate of drug-likeness (QED) is 0.716. The van der Waals surface area contributed by atoms with Crippen molar-refractivity contribution in [1.82, 2.24) is 14.9 Å². The van der Waals surface area contributed by atoms with E-state index >= 15 is 0 Å². The Morgan fingerprint density at radius 2 is 2.00 bits per heavy atom. The molecule has 0 saturated heterocycles. The van der Waals surface area contributed by atoms with Crippen LogP contribution >= 0.6 is 11.6 Å². The monoisotopic (exact) mass is 388 g/mol. The molecule has 0 bridgehead atoms. The fourth-order valence-electron chi connectivity index (χ4n) is 3.27. The fraction of sp³-hybridized carbons (Fsp3) is 0.400. The van der Waals surface area contributed by atoms with E-state index in [4.69, 9.17) is 11.6 Å². The van der Waals surface area contributed by atoms with Crippen molar-refractivity contribution >= 4 is 35.0 Å². The van der Waals surface area contributed by atoms with E-state index in [2.05, 4.69) is 22.1 Å². The Labute approximate surface area is 163 Å². The van der Waals surface area contributed by atoms with Crippen molar-refractivity contribution in [3.8, 4) is 0 Å². The van der Waals surface area contributed by atoms with Crippen LogP contribution in [-0.2, 0) is 11.3 Å². The van der Waals surface area contributed by atoms with Crippen LogP contribution in [0.1, 0.15) is 37.9 Å². The van der Waals surface area contributed by atoms with Gasteiger partial charge in [0.25, 0.3) is 0 Å². The number of hydrogen-bond acceptors (Lipinski definition) is 3. The van der Waals surface area contributed by atoms with E-state index in [9.17, 15) is 9.59 Å². The van der Waals surface area contributed by atoms with Gasteiger partial charge in [-0.15, -0.1) is 0 Å². The number of unbranched alkanes of at least 4 members (excludes halogenated alkanes) is 1. The molecule has 1 aromatic carbocycles. The Bertz CT molecular complexity index is 896. The number of aromatic nitrogens is 2. The number of benzene rings is 1. The third-order valence-corrected chi connectivity index (χ3v) is 4.97. The molecule has 2 aromatic rings. The van der Waals surface area contributed by atoms with Crippen molar-refractivity contribution < 1.29 is 4.79 Å². The maximum atomic E-state index is 12.5. The van der Waals surface area contributed by atoms with Crippen LogP contribution in [0.2, 0.25) is 5.02 Å². The largest absolute Gasteiger partial charge is 0.355 e. The molecule has 1 aliphatic heterocycles. The molecule has 1 amide bonds. The van der Waals surface area contributed by atoms with Crippen LogP contribution in [0.3, 0.4) is 0 Å². The van der Waals surface area contributed by atoms with Crippen molar-refractivity contribution in [1.29, 1.82) is 0 Å². The normalized spacial score (nSPS) is 13.3. The van der Waals surface area contributed by atoms with Crippen molar-refractivity contribution in [3.05, 3.63) is 51.0 Å². The number of likely N-dealkylation sites (N-methyl/N-ethyl adjacent to an activating group) is 1. The Hall–Kier alpha value is -2.47. The van der Waals surface area contributed by atoms with Gasteiger partial charge in [0, 0.05) is 24.7 Å². The van der Waals surface area contributed by atoms with E-state index in [1.54, 1.807) is 0 Å². The average Bonchev–Trinajstić information content (AvgIpc) is 2.97. The molecule has 1 aromatic heterocycles. The van der Waals surface area contributed by atoms with Crippen LogP contribution in [0.25, 0.3) is 11.6 Å². The van der Waals surface area contributed by atoms with Crippen molar-refractivity contribution in [2.24, 2.45) is 0 Å². The Kier molecular flexibility index (Phi) is 6.06. The summed E-state index contributed by atoms with van der Waals surface area (Å²) < 4.78 is 1.52. The van der Waals surface area contributed by atoms with Gasteiger partial charge in [-0.05, 0) is 42.7 Å². The summed E-state index contributed by atoms with van der Waals surface area (Å²) in [7, 11) is 0. The number of rotatable bonds is 7. The number of carbonyl (C=O) groups is 1. The molecule has 0 radical (unpaired) electrons.